The molecule has 8 nitrogen and oxygen atoms in total. The molecule has 1 rings (SSSR count). The molecule has 33 heavy (non-hydrogen) atoms. The second kappa shape index (κ2) is 17.6. The zero-order valence-corrected chi connectivity index (χ0v) is 21.6. The molecule has 0 aromatic carbocycles. The number of rotatable bonds is 10. The molecule has 188 valence electrons. The fourth-order valence-corrected chi connectivity index (χ4v) is 3.20. The predicted octanol–water partition coefficient (Wildman–Crippen LogP) is 3.95. The molecule has 0 saturated heterocycles. The number of carbonyl (C=O) groups is 4. The Hall–Kier alpha value is -2.90. The average Bonchev–Trinajstić information content (AvgIpc) is 2.78. The maximum absolute atomic E-state index is 12.8. The van der Waals surface area contributed by atoms with E-state index in [1.54, 1.807) is 27.1 Å². The van der Waals surface area contributed by atoms with Crippen LogP contribution in [0.2, 0.25) is 0 Å². The molecule has 0 aromatic rings. The lowest BCUT2D eigenvalue weighted by molar-refractivity contribution is -0.142. The normalized spacial score (nSPS) is 14.0. The van der Waals surface area contributed by atoms with Crippen LogP contribution in [0.25, 0.3) is 0 Å². The Morgan fingerprint density at radius 2 is 1.61 bits per heavy atom. The van der Waals surface area contributed by atoms with Crippen LogP contribution in [0.5, 0.6) is 0 Å². The molecule has 0 fully saturated rings. The first kappa shape index (κ1) is 32.3. The molecule has 2 atom stereocenters. The smallest absolute Gasteiger partial charge is 0.304 e. The summed E-state index contributed by atoms with van der Waals surface area (Å²) in [6.45, 7) is 14.6. The molecular weight excluding hydrogens is 422 g/mol. The number of nitrogens with one attached hydrogen (secondary N) is 1. The molecule has 1 aliphatic carbocycles. The first-order chi connectivity index (χ1) is 15.5. The minimum Gasteiger partial charge on any atom is -0.481 e. The highest BCUT2D eigenvalue weighted by Gasteiger charge is 2.29. The highest BCUT2D eigenvalue weighted by molar-refractivity contribution is 5.90. The van der Waals surface area contributed by atoms with E-state index in [2.05, 4.69) is 11.9 Å². The lowest BCUT2D eigenvalue weighted by Crippen LogP contribution is -2.48. The summed E-state index contributed by atoms with van der Waals surface area (Å²) in [4.78, 5) is 50.3. The van der Waals surface area contributed by atoms with Gasteiger partial charge in [-0.05, 0) is 39.0 Å². The van der Waals surface area contributed by atoms with Gasteiger partial charge in [-0.25, -0.2) is 0 Å². The van der Waals surface area contributed by atoms with E-state index >= 15 is 0 Å². The molecule has 2 N–H and O–H groups in total. The van der Waals surface area contributed by atoms with Gasteiger partial charge in [-0.1, -0.05) is 45.9 Å². The van der Waals surface area contributed by atoms with Crippen LogP contribution in [0.4, 0.5) is 0 Å². The molecule has 1 aliphatic rings. The van der Waals surface area contributed by atoms with Crippen molar-refractivity contribution in [2.45, 2.75) is 73.3 Å². The third-order valence-electron chi connectivity index (χ3n) is 4.61. The molecule has 2 unspecified atom stereocenters. The van der Waals surface area contributed by atoms with Crippen molar-refractivity contribution in [3.8, 4) is 0 Å². The number of aliphatic carboxylic acids is 1. The fourth-order valence-electron chi connectivity index (χ4n) is 3.20. The molecular formula is C25H43N3O5. The van der Waals surface area contributed by atoms with Gasteiger partial charge < -0.3 is 20.2 Å². The maximum Gasteiger partial charge on any atom is 0.304 e. The zero-order valence-electron chi connectivity index (χ0n) is 21.6. The summed E-state index contributed by atoms with van der Waals surface area (Å²) >= 11 is 0. The number of likely N-dealkylation sites (N-methyl/N-ethyl adjacent to an activating group) is 2. The molecule has 0 spiro atoms. The summed E-state index contributed by atoms with van der Waals surface area (Å²) in [6.07, 6.45) is 7.88. The van der Waals surface area contributed by atoms with Crippen LogP contribution < -0.4 is 5.32 Å². The van der Waals surface area contributed by atoms with Gasteiger partial charge in [0.25, 0.3) is 0 Å². The van der Waals surface area contributed by atoms with E-state index in [0.717, 1.165) is 12.8 Å². The first-order valence-electron chi connectivity index (χ1n) is 11.5. The van der Waals surface area contributed by atoms with Crippen molar-refractivity contribution in [1.82, 2.24) is 15.1 Å². The number of amides is 3. The van der Waals surface area contributed by atoms with Gasteiger partial charge in [-0.2, -0.15) is 0 Å². The minimum absolute atomic E-state index is 0.155. The van der Waals surface area contributed by atoms with Crippen molar-refractivity contribution in [1.29, 1.82) is 0 Å². The van der Waals surface area contributed by atoms with Gasteiger partial charge in [-0.3, -0.25) is 19.2 Å². The number of carbonyl (C=O) groups excluding carboxylic acids is 3. The van der Waals surface area contributed by atoms with E-state index in [4.69, 9.17) is 5.11 Å². The summed E-state index contributed by atoms with van der Waals surface area (Å²) in [5, 5.41) is 11.7. The van der Waals surface area contributed by atoms with Crippen molar-refractivity contribution < 1.29 is 24.3 Å². The predicted molar refractivity (Wildman–Crippen MR) is 132 cm³/mol. The van der Waals surface area contributed by atoms with Gasteiger partial charge in [0, 0.05) is 20.0 Å². The summed E-state index contributed by atoms with van der Waals surface area (Å²) in [5.74, 6) is -2.36. The molecule has 0 aromatic heterocycles. The zero-order chi connectivity index (χ0) is 26.1. The Balaban J connectivity index is 0. The largest absolute Gasteiger partial charge is 0.481 e. The molecule has 0 saturated carbocycles. The van der Waals surface area contributed by atoms with Crippen molar-refractivity contribution in [3.63, 3.8) is 0 Å². The topological polar surface area (TPSA) is 107 Å². The van der Waals surface area contributed by atoms with Crippen molar-refractivity contribution in [3.05, 3.63) is 36.2 Å². The monoisotopic (exact) mass is 465 g/mol. The van der Waals surface area contributed by atoms with Gasteiger partial charge in [-0.15, -0.1) is 6.58 Å². The molecule has 0 aliphatic heterocycles. The second-order valence-electron chi connectivity index (χ2n) is 7.93. The van der Waals surface area contributed by atoms with Crippen molar-refractivity contribution in [2.75, 3.05) is 14.1 Å². The Morgan fingerprint density at radius 1 is 1.12 bits per heavy atom. The Kier molecular flexibility index (Phi) is 17.2. The lowest BCUT2D eigenvalue weighted by Gasteiger charge is -2.30. The lowest BCUT2D eigenvalue weighted by atomic mass is 9.93. The minimum atomic E-state index is -1.05. The van der Waals surface area contributed by atoms with E-state index < -0.39 is 23.8 Å². The van der Waals surface area contributed by atoms with Gasteiger partial charge in [0.15, 0.2) is 0 Å². The van der Waals surface area contributed by atoms with Crippen molar-refractivity contribution in [2.24, 2.45) is 11.8 Å². The highest BCUT2D eigenvalue weighted by Crippen LogP contribution is 2.24. The Bertz CT molecular complexity index is 713. The molecule has 8 heteroatoms. The third-order valence-corrected chi connectivity index (χ3v) is 4.61. The number of allylic oxidation sites excluding steroid dienone is 3. The van der Waals surface area contributed by atoms with Gasteiger partial charge in [0.2, 0.25) is 18.2 Å². The van der Waals surface area contributed by atoms with Gasteiger partial charge in [0.05, 0.1) is 17.8 Å². The summed E-state index contributed by atoms with van der Waals surface area (Å²) < 4.78 is 0. The van der Waals surface area contributed by atoms with E-state index in [1.165, 1.54) is 9.80 Å². The first-order valence-corrected chi connectivity index (χ1v) is 11.5. The number of nitrogens with zero attached hydrogens (tertiary/aromatic N) is 2. The number of hydrogen-bond acceptors (Lipinski definition) is 4. The van der Waals surface area contributed by atoms with Crippen LogP contribution in [0, 0.1) is 11.8 Å². The third kappa shape index (κ3) is 12.1. The second-order valence-corrected chi connectivity index (χ2v) is 7.93. The van der Waals surface area contributed by atoms with Crippen LogP contribution in [-0.2, 0) is 19.2 Å². The summed E-state index contributed by atoms with van der Waals surface area (Å²) in [5.41, 5.74) is 1.25. The van der Waals surface area contributed by atoms with E-state index in [9.17, 15) is 19.2 Å². The van der Waals surface area contributed by atoms with Crippen LogP contribution in [0.3, 0.4) is 0 Å². The molecule has 0 radical (unpaired) electrons. The van der Waals surface area contributed by atoms with E-state index in [1.807, 2.05) is 46.8 Å². The highest BCUT2D eigenvalue weighted by atomic mass is 16.4. The number of carboxylic acid groups (broad SMARTS) is 1. The van der Waals surface area contributed by atoms with Crippen LogP contribution in [-0.4, -0.2) is 59.2 Å². The number of carboxylic acids is 1. The molecule has 0 bridgehead atoms. The van der Waals surface area contributed by atoms with E-state index in [-0.39, 0.29) is 18.2 Å². The van der Waals surface area contributed by atoms with Crippen LogP contribution in [0.1, 0.15) is 67.2 Å². The molecule has 0 heterocycles. The summed E-state index contributed by atoms with van der Waals surface area (Å²) in [6, 6.07) is -0.827. The average molecular weight is 466 g/mol. The Labute approximate surface area is 199 Å². The van der Waals surface area contributed by atoms with Crippen LogP contribution >= 0.6 is 0 Å². The standard InChI is InChI=1S/C20H31N3O5.C3H6.C2H6/c1-13(2)10-15(11-18(25)26)19(27)21-14(3)20(28)23(5)17-9-7-6-8-16(17)22(4)12-24;1-3-2;1-2/h8-9,12-15H,6-7,10-11H2,1-5H3,(H,21,27)(H,25,26);3H,1H2,2H3;1-2H3. The quantitative estimate of drug-likeness (QED) is 0.375. The van der Waals surface area contributed by atoms with Gasteiger partial charge in [0.1, 0.15) is 6.04 Å². The molecule has 3 amide bonds. The van der Waals surface area contributed by atoms with Gasteiger partial charge >= 0.3 is 5.97 Å². The van der Waals surface area contributed by atoms with Crippen molar-refractivity contribution >= 4 is 24.2 Å². The van der Waals surface area contributed by atoms with E-state index in [0.29, 0.717) is 24.2 Å². The van der Waals surface area contributed by atoms with Crippen LogP contribution in [0.15, 0.2) is 36.2 Å². The SMILES string of the molecule is C=CC.CC.CC(C)CC(CC(=O)O)C(=O)NC(C)C(=O)N(C)C1=CCCC=C1N(C)C=O. The Morgan fingerprint density at radius 3 is 2.03 bits per heavy atom. The maximum atomic E-state index is 12.8. The number of hydrogen-bond donors (Lipinski definition) is 2. The summed E-state index contributed by atoms with van der Waals surface area (Å²) in [7, 11) is 3.21. The fraction of sp³-hybridized carbons (Fsp3) is 0.600.